The average Bonchev–Trinajstić information content (AvgIpc) is 3.50. The van der Waals surface area contributed by atoms with E-state index in [9.17, 15) is 24.3 Å². The molecule has 47 heavy (non-hydrogen) atoms. The number of nitrogens with zero attached hydrogens (tertiary/aromatic N) is 2. The molecule has 242 valence electrons. The number of carbonyl (C=O) groups excluding carboxylic acids is 4. The highest BCUT2D eigenvalue weighted by Crippen LogP contribution is 2.60. The summed E-state index contributed by atoms with van der Waals surface area (Å²) in [7, 11) is 2.96. The molecule has 9 heteroatoms. The number of methoxy groups -OCH3 is 2. The van der Waals surface area contributed by atoms with Gasteiger partial charge in [0.25, 0.3) is 0 Å². The highest BCUT2D eigenvalue weighted by molar-refractivity contribution is 6.24. The number of aryl methyl sites for hydroxylation is 2. The molecule has 1 N–H and O–H groups in total. The zero-order chi connectivity index (χ0) is 33.1. The minimum atomic E-state index is -0.842. The predicted octanol–water partition coefficient (Wildman–Crippen LogP) is 5.58. The molecule has 2 aliphatic heterocycles. The van der Waals surface area contributed by atoms with E-state index >= 15 is 0 Å². The summed E-state index contributed by atoms with van der Waals surface area (Å²) in [6.07, 6.45) is 4.16. The molecule has 0 aromatic heterocycles. The summed E-state index contributed by atoms with van der Waals surface area (Å²) in [4.78, 5) is 59.4. The van der Waals surface area contributed by atoms with Gasteiger partial charge in [0, 0.05) is 23.6 Å². The number of rotatable bonds is 7. The Morgan fingerprint density at radius 3 is 1.79 bits per heavy atom. The fourth-order valence-electron chi connectivity index (χ4n) is 8.37. The second-order valence-electron chi connectivity index (χ2n) is 12.9. The van der Waals surface area contributed by atoms with Crippen molar-refractivity contribution >= 4 is 35.0 Å². The lowest BCUT2D eigenvalue weighted by molar-refractivity contribution is -0.126. The maximum absolute atomic E-state index is 14.4. The number of phenolic OH excluding ortho intramolecular Hbond substituents is 1. The van der Waals surface area contributed by atoms with E-state index < -0.39 is 35.5 Å². The van der Waals surface area contributed by atoms with Gasteiger partial charge in [-0.3, -0.25) is 29.0 Å². The van der Waals surface area contributed by atoms with Gasteiger partial charge in [0.05, 0.1) is 49.3 Å². The Labute approximate surface area is 273 Å². The lowest BCUT2D eigenvalue weighted by Gasteiger charge is -2.44. The zero-order valence-corrected chi connectivity index (χ0v) is 26.9. The van der Waals surface area contributed by atoms with E-state index in [1.165, 1.54) is 30.1 Å². The summed E-state index contributed by atoms with van der Waals surface area (Å²) in [6.45, 7) is 4.08. The summed E-state index contributed by atoms with van der Waals surface area (Å²) in [5.74, 6) is -4.88. The van der Waals surface area contributed by atoms with Crippen LogP contribution in [0.4, 0.5) is 11.4 Å². The number of amides is 4. The third-order valence-corrected chi connectivity index (χ3v) is 10.7. The minimum absolute atomic E-state index is 0.133. The van der Waals surface area contributed by atoms with Crippen LogP contribution in [-0.2, 0) is 32.0 Å². The fraction of sp³-hybridized carbons (Fsp3) is 0.368. The molecule has 0 spiro atoms. The molecule has 0 radical (unpaired) electrons. The van der Waals surface area contributed by atoms with Crippen LogP contribution in [-0.4, -0.2) is 43.0 Å². The van der Waals surface area contributed by atoms with Crippen molar-refractivity contribution in [2.45, 2.75) is 45.4 Å². The lowest BCUT2D eigenvalue weighted by atomic mass is 9.57. The Morgan fingerprint density at radius 2 is 1.26 bits per heavy atom. The van der Waals surface area contributed by atoms with E-state index in [1.54, 1.807) is 30.3 Å². The molecule has 2 heterocycles. The number of benzene rings is 3. The van der Waals surface area contributed by atoms with Gasteiger partial charge < -0.3 is 14.6 Å². The molecule has 3 fully saturated rings. The SMILES string of the molecule is CCc1ccc(N2C(=O)[C@H]3[C@H](CC=C4[C@H]3C[C@H]3C(=O)N(c5ccc(CC)cc5)C(=O)[C@H]3[C@H]4c3c(O)cc(OC)cc3OC)C2=O)cc1. The fourth-order valence-corrected chi connectivity index (χ4v) is 8.37. The van der Waals surface area contributed by atoms with Gasteiger partial charge >= 0.3 is 0 Å². The number of fused-ring (bicyclic) bond motifs is 4. The maximum atomic E-state index is 14.4. The Hall–Kier alpha value is -4.92. The Kier molecular flexibility index (Phi) is 7.65. The van der Waals surface area contributed by atoms with Crippen molar-refractivity contribution in [2.75, 3.05) is 24.0 Å². The van der Waals surface area contributed by atoms with Crippen LogP contribution < -0.4 is 19.3 Å². The summed E-state index contributed by atoms with van der Waals surface area (Å²) in [5, 5.41) is 11.5. The van der Waals surface area contributed by atoms with Gasteiger partial charge in [0.2, 0.25) is 23.6 Å². The van der Waals surface area contributed by atoms with E-state index in [0.29, 0.717) is 34.9 Å². The highest BCUT2D eigenvalue weighted by atomic mass is 16.5. The molecular weight excluding hydrogens is 596 g/mol. The first-order valence-electron chi connectivity index (χ1n) is 16.3. The van der Waals surface area contributed by atoms with E-state index in [0.717, 1.165) is 29.5 Å². The van der Waals surface area contributed by atoms with Crippen LogP contribution in [0.25, 0.3) is 0 Å². The van der Waals surface area contributed by atoms with Crippen molar-refractivity contribution in [1.29, 1.82) is 0 Å². The summed E-state index contributed by atoms with van der Waals surface area (Å²) in [5.41, 5.74) is 4.34. The van der Waals surface area contributed by atoms with E-state index in [4.69, 9.17) is 9.47 Å². The monoisotopic (exact) mass is 634 g/mol. The van der Waals surface area contributed by atoms with E-state index in [2.05, 4.69) is 0 Å². The van der Waals surface area contributed by atoms with Crippen LogP contribution in [0.3, 0.4) is 0 Å². The second-order valence-corrected chi connectivity index (χ2v) is 12.9. The smallest absolute Gasteiger partial charge is 0.238 e. The predicted molar refractivity (Wildman–Crippen MR) is 175 cm³/mol. The van der Waals surface area contributed by atoms with Crippen molar-refractivity contribution in [3.63, 3.8) is 0 Å². The number of hydrogen-bond donors (Lipinski definition) is 1. The van der Waals surface area contributed by atoms with Crippen molar-refractivity contribution < 1.29 is 33.8 Å². The number of imide groups is 2. The molecule has 2 aliphatic carbocycles. The quantitative estimate of drug-likeness (QED) is 0.267. The molecule has 4 amide bonds. The first-order chi connectivity index (χ1) is 22.7. The summed E-state index contributed by atoms with van der Waals surface area (Å²) in [6, 6.07) is 18.0. The Morgan fingerprint density at radius 1 is 0.702 bits per heavy atom. The first kappa shape index (κ1) is 30.7. The molecule has 7 rings (SSSR count). The molecule has 2 saturated heterocycles. The molecule has 4 aliphatic rings. The molecule has 6 atom stereocenters. The highest BCUT2D eigenvalue weighted by Gasteiger charge is 2.63. The molecule has 9 nitrogen and oxygen atoms in total. The van der Waals surface area contributed by atoms with Crippen LogP contribution >= 0.6 is 0 Å². The number of hydrogen-bond acceptors (Lipinski definition) is 7. The largest absolute Gasteiger partial charge is 0.507 e. The number of phenols is 1. The lowest BCUT2D eigenvalue weighted by Crippen LogP contribution is -2.43. The zero-order valence-electron chi connectivity index (χ0n) is 26.9. The third-order valence-electron chi connectivity index (χ3n) is 10.7. The number of anilines is 2. The standard InChI is InChI=1S/C38H38N2O7/c1-5-20-7-11-22(12-8-20)39-35(42)26-16-15-25-27(31(26)37(39)44)19-28-33(32(25)34-29(41)17-24(46-3)18-30(34)47-4)38(45)40(36(28)43)23-13-9-21(6-2)10-14-23/h7-15,17-18,26-28,31-33,41H,5-6,16,19H2,1-4H3/t26-,27+,28+,31-,32-,33+/m0/s1. The maximum Gasteiger partial charge on any atom is 0.238 e. The Balaban J connectivity index is 1.35. The van der Waals surface area contributed by atoms with E-state index in [1.807, 2.05) is 44.2 Å². The molecule has 3 aromatic carbocycles. The van der Waals surface area contributed by atoms with Crippen molar-refractivity contribution in [3.05, 3.63) is 89.0 Å². The second kappa shape index (κ2) is 11.7. The number of carbonyl (C=O) groups is 4. The van der Waals surface area contributed by atoms with Crippen LogP contribution in [0, 0.1) is 29.6 Å². The average molecular weight is 635 g/mol. The van der Waals surface area contributed by atoms with Gasteiger partial charge in [-0.25, -0.2) is 0 Å². The van der Waals surface area contributed by atoms with Crippen LogP contribution in [0.5, 0.6) is 17.2 Å². The topological polar surface area (TPSA) is 113 Å². The van der Waals surface area contributed by atoms with Gasteiger partial charge in [-0.05, 0) is 67.0 Å². The number of allylic oxidation sites excluding steroid dienone is 2. The third kappa shape index (κ3) is 4.66. The van der Waals surface area contributed by atoms with Gasteiger partial charge in [-0.15, -0.1) is 0 Å². The van der Waals surface area contributed by atoms with Gasteiger partial charge in [-0.2, -0.15) is 0 Å². The minimum Gasteiger partial charge on any atom is -0.507 e. The van der Waals surface area contributed by atoms with Crippen molar-refractivity contribution in [3.8, 4) is 17.2 Å². The number of ether oxygens (including phenoxy) is 2. The first-order valence-corrected chi connectivity index (χ1v) is 16.3. The van der Waals surface area contributed by atoms with Gasteiger partial charge in [-0.1, -0.05) is 49.8 Å². The molecule has 0 unspecified atom stereocenters. The van der Waals surface area contributed by atoms with Crippen molar-refractivity contribution in [2.24, 2.45) is 29.6 Å². The van der Waals surface area contributed by atoms with Crippen LogP contribution in [0.1, 0.15) is 49.3 Å². The van der Waals surface area contributed by atoms with Crippen LogP contribution in [0.2, 0.25) is 0 Å². The molecule has 0 bridgehead atoms. The van der Waals surface area contributed by atoms with Gasteiger partial charge in [0.1, 0.15) is 17.2 Å². The molecule has 3 aromatic rings. The van der Waals surface area contributed by atoms with Gasteiger partial charge in [0.15, 0.2) is 0 Å². The van der Waals surface area contributed by atoms with Crippen LogP contribution in [0.15, 0.2) is 72.3 Å². The molecular formula is C38H38N2O7. The van der Waals surface area contributed by atoms with Crippen molar-refractivity contribution in [1.82, 2.24) is 0 Å². The Bertz CT molecular complexity index is 1810. The summed E-state index contributed by atoms with van der Waals surface area (Å²) >= 11 is 0. The normalized spacial score (nSPS) is 26.6. The molecule has 1 saturated carbocycles. The number of aromatic hydroxyl groups is 1. The van der Waals surface area contributed by atoms with E-state index in [-0.39, 0.29) is 35.8 Å². The summed E-state index contributed by atoms with van der Waals surface area (Å²) < 4.78 is 11.1.